The number of ether oxygens (including phenoxy) is 3. The van der Waals surface area contributed by atoms with Gasteiger partial charge in [-0.1, -0.05) is 248 Å². The van der Waals surface area contributed by atoms with E-state index in [2.05, 4.69) is 93.7 Å². The quantitative estimate of drug-likeness (QED) is 0.0346. The molecule has 0 aromatic rings. The van der Waals surface area contributed by atoms with Gasteiger partial charge in [-0.15, -0.1) is 0 Å². The first kappa shape index (κ1) is 63.3. The molecule has 5 nitrogen and oxygen atoms in total. The number of carbonyl (C=O) groups is 2. The van der Waals surface area contributed by atoms with Crippen LogP contribution in [0.4, 0.5) is 0 Å². The van der Waals surface area contributed by atoms with Gasteiger partial charge in [0.1, 0.15) is 6.61 Å². The van der Waals surface area contributed by atoms with E-state index in [1.54, 1.807) is 0 Å². The minimum atomic E-state index is -0.557. The van der Waals surface area contributed by atoms with E-state index in [1.807, 2.05) is 0 Å². The summed E-state index contributed by atoms with van der Waals surface area (Å²) in [6, 6.07) is 0. The summed E-state index contributed by atoms with van der Waals surface area (Å²) in [5.74, 6) is -0.435. The molecule has 66 heavy (non-hydrogen) atoms. The van der Waals surface area contributed by atoms with Crippen LogP contribution in [-0.2, 0) is 23.8 Å². The summed E-state index contributed by atoms with van der Waals surface area (Å²) in [4.78, 5) is 25.5. The number of hydrogen-bond acceptors (Lipinski definition) is 5. The van der Waals surface area contributed by atoms with Crippen molar-refractivity contribution in [2.45, 2.75) is 284 Å². The van der Waals surface area contributed by atoms with Crippen molar-refractivity contribution in [3.8, 4) is 0 Å². The summed E-state index contributed by atoms with van der Waals surface area (Å²) in [5, 5.41) is 0. The average molecular weight is 922 g/mol. The Labute approximate surface area is 410 Å². The molecule has 5 heteroatoms. The first-order valence-electron chi connectivity index (χ1n) is 28.5. The second kappa shape index (κ2) is 56.7. The lowest BCUT2D eigenvalue weighted by Gasteiger charge is -2.18. The van der Waals surface area contributed by atoms with Crippen molar-refractivity contribution in [2.75, 3.05) is 19.8 Å². The van der Waals surface area contributed by atoms with Gasteiger partial charge in [-0.05, 0) is 89.9 Å². The molecule has 1 atom stereocenters. The molecule has 0 unspecified atom stereocenters. The number of hydrogen-bond donors (Lipinski definition) is 0. The fraction of sp³-hybridized carbons (Fsp3) is 0.770. The van der Waals surface area contributed by atoms with Crippen LogP contribution in [0.25, 0.3) is 0 Å². The molecule has 0 N–H and O–H groups in total. The van der Waals surface area contributed by atoms with E-state index < -0.39 is 6.10 Å². The highest BCUT2D eigenvalue weighted by molar-refractivity contribution is 5.70. The minimum Gasteiger partial charge on any atom is -0.462 e. The molecule has 0 bridgehead atoms. The fourth-order valence-electron chi connectivity index (χ4n) is 8.00. The van der Waals surface area contributed by atoms with Gasteiger partial charge in [0, 0.05) is 19.4 Å². The van der Waals surface area contributed by atoms with Gasteiger partial charge in [0.05, 0.1) is 6.61 Å². The smallest absolute Gasteiger partial charge is 0.306 e. The molecule has 0 spiro atoms. The number of allylic oxidation sites excluding steroid dienone is 12. The van der Waals surface area contributed by atoms with Gasteiger partial charge in [0.2, 0.25) is 0 Å². The molecule has 0 radical (unpaired) electrons. The Balaban J connectivity index is 4.34. The summed E-state index contributed by atoms with van der Waals surface area (Å²) >= 11 is 0. The van der Waals surface area contributed by atoms with Gasteiger partial charge in [0.15, 0.2) is 6.10 Å². The number of esters is 2. The van der Waals surface area contributed by atoms with Crippen LogP contribution >= 0.6 is 0 Å². The van der Waals surface area contributed by atoms with Crippen molar-refractivity contribution >= 4 is 11.9 Å². The van der Waals surface area contributed by atoms with Crippen LogP contribution < -0.4 is 0 Å². The van der Waals surface area contributed by atoms with Crippen molar-refractivity contribution in [3.05, 3.63) is 72.9 Å². The lowest BCUT2D eigenvalue weighted by Crippen LogP contribution is -2.30. The van der Waals surface area contributed by atoms with Crippen molar-refractivity contribution in [2.24, 2.45) is 0 Å². The molecule has 0 saturated heterocycles. The number of unbranched alkanes of at least 4 members (excludes halogenated alkanes) is 29. The van der Waals surface area contributed by atoms with Gasteiger partial charge >= 0.3 is 11.9 Å². The summed E-state index contributed by atoms with van der Waals surface area (Å²) < 4.78 is 17.4. The third-order valence-corrected chi connectivity index (χ3v) is 12.2. The Bertz CT molecular complexity index is 1180. The highest BCUT2D eigenvalue weighted by Gasteiger charge is 2.17. The molecule has 0 aromatic heterocycles. The molecule has 0 rings (SSSR count). The van der Waals surface area contributed by atoms with Crippen molar-refractivity contribution in [1.82, 2.24) is 0 Å². The van der Waals surface area contributed by atoms with Gasteiger partial charge in [-0.25, -0.2) is 0 Å². The molecule has 0 aliphatic carbocycles. The third kappa shape index (κ3) is 54.0. The topological polar surface area (TPSA) is 61.8 Å². The Morgan fingerprint density at radius 3 is 1.12 bits per heavy atom. The maximum atomic E-state index is 12.8. The van der Waals surface area contributed by atoms with Crippen LogP contribution in [0.15, 0.2) is 72.9 Å². The van der Waals surface area contributed by atoms with Crippen molar-refractivity contribution < 1.29 is 23.8 Å². The first-order valence-corrected chi connectivity index (χ1v) is 28.5. The summed E-state index contributed by atoms with van der Waals surface area (Å²) in [7, 11) is 0. The monoisotopic (exact) mass is 921 g/mol. The highest BCUT2D eigenvalue weighted by atomic mass is 16.6. The second-order valence-electron chi connectivity index (χ2n) is 18.8. The maximum Gasteiger partial charge on any atom is 0.306 e. The zero-order chi connectivity index (χ0) is 47.7. The first-order chi connectivity index (χ1) is 32.6. The van der Waals surface area contributed by atoms with E-state index in [0.717, 1.165) is 96.3 Å². The van der Waals surface area contributed by atoms with Crippen LogP contribution in [0, 0.1) is 0 Å². The van der Waals surface area contributed by atoms with Gasteiger partial charge in [0.25, 0.3) is 0 Å². The maximum absolute atomic E-state index is 12.8. The zero-order valence-corrected chi connectivity index (χ0v) is 44.0. The molecule has 0 saturated carbocycles. The van der Waals surface area contributed by atoms with Crippen LogP contribution in [0.3, 0.4) is 0 Å². The van der Waals surface area contributed by atoms with Gasteiger partial charge in [-0.2, -0.15) is 0 Å². The summed E-state index contributed by atoms with van der Waals surface area (Å²) in [5.41, 5.74) is 0. The van der Waals surface area contributed by atoms with E-state index in [4.69, 9.17) is 14.2 Å². The standard InChI is InChI=1S/C61H108O5/c1-4-7-10-13-16-19-22-25-28-30-31-32-34-37-40-43-46-49-52-55-61(63)66-59(57-64-56-53-50-47-44-41-38-35-29-26-23-20-17-14-11-8-5-2)58-65-60(62)54-51-48-45-42-39-36-33-27-24-21-18-15-12-9-6-3/h7,10,16,19,25,27-28,31-33,37,40,59H,4-6,8-9,11-15,17-18,20-24,26,29-30,34-36,38-39,41-58H2,1-3H3/b10-7-,19-16-,28-25-,32-31-,33-27-,40-37-/t59-/m1/s1. The molecule has 0 heterocycles. The second-order valence-corrected chi connectivity index (χ2v) is 18.8. The predicted molar refractivity (Wildman–Crippen MR) is 288 cm³/mol. The number of rotatable bonds is 52. The molecule has 0 aliphatic rings. The Hall–Kier alpha value is -2.66. The van der Waals surface area contributed by atoms with E-state index in [1.165, 1.54) is 148 Å². The van der Waals surface area contributed by atoms with Crippen LogP contribution in [0.2, 0.25) is 0 Å². The fourth-order valence-corrected chi connectivity index (χ4v) is 8.00. The number of carbonyl (C=O) groups excluding carboxylic acids is 2. The predicted octanol–water partition coefficient (Wildman–Crippen LogP) is 19.5. The Morgan fingerprint density at radius 1 is 0.348 bits per heavy atom. The van der Waals surface area contributed by atoms with Crippen LogP contribution in [0.1, 0.15) is 278 Å². The lowest BCUT2D eigenvalue weighted by molar-refractivity contribution is -0.163. The van der Waals surface area contributed by atoms with E-state index >= 15 is 0 Å². The van der Waals surface area contributed by atoms with Gasteiger partial charge < -0.3 is 14.2 Å². The molecular formula is C61H108O5. The van der Waals surface area contributed by atoms with E-state index in [-0.39, 0.29) is 25.2 Å². The average Bonchev–Trinajstić information content (AvgIpc) is 3.32. The third-order valence-electron chi connectivity index (χ3n) is 12.2. The van der Waals surface area contributed by atoms with Crippen molar-refractivity contribution in [1.29, 1.82) is 0 Å². The molecule has 0 aliphatic heterocycles. The Kier molecular flexibility index (Phi) is 54.4. The zero-order valence-electron chi connectivity index (χ0n) is 44.0. The van der Waals surface area contributed by atoms with E-state index in [9.17, 15) is 9.59 Å². The highest BCUT2D eigenvalue weighted by Crippen LogP contribution is 2.15. The van der Waals surface area contributed by atoms with E-state index in [0.29, 0.717) is 19.4 Å². The minimum absolute atomic E-state index is 0.0681. The van der Waals surface area contributed by atoms with Crippen LogP contribution in [-0.4, -0.2) is 37.9 Å². The van der Waals surface area contributed by atoms with Crippen molar-refractivity contribution in [3.63, 3.8) is 0 Å². The molecule has 0 aromatic carbocycles. The molecule has 0 fully saturated rings. The molecular weight excluding hydrogens is 813 g/mol. The lowest BCUT2D eigenvalue weighted by atomic mass is 10.0. The molecule has 382 valence electrons. The summed E-state index contributed by atoms with van der Waals surface area (Å²) in [6.45, 7) is 7.70. The van der Waals surface area contributed by atoms with Crippen LogP contribution in [0.5, 0.6) is 0 Å². The largest absolute Gasteiger partial charge is 0.462 e. The Morgan fingerprint density at radius 2 is 0.682 bits per heavy atom. The SMILES string of the molecule is CC/C=C\C/C=C\C/C=C\C/C=C\C/C=C\CCCCCC(=O)O[C@H](COCCCCCCCCCCCCCCCCCC)COC(=O)CCCCCCC/C=C\CCCCCCCC. The van der Waals surface area contributed by atoms with Gasteiger partial charge in [-0.3, -0.25) is 9.59 Å². The normalized spacial score (nSPS) is 12.7. The summed E-state index contributed by atoms with van der Waals surface area (Å²) in [6.07, 6.45) is 73.5. The molecule has 0 amide bonds.